The van der Waals surface area contributed by atoms with Gasteiger partial charge in [-0.2, -0.15) is 0 Å². The number of carboxylic acids is 1. The van der Waals surface area contributed by atoms with Crippen molar-refractivity contribution in [3.05, 3.63) is 40.0 Å². The van der Waals surface area contributed by atoms with E-state index in [1.54, 1.807) is 0 Å². The van der Waals surface area contributed by atoms with Gasteiger partial charge in [-0.15, -0.1) is 0 Å². The molecule has 6 nitrogen and oxygen atoms in total. The smallest absolute Gasteiger partial charge is 0.328 e. The van der Waals surface area contributed by atoms with E-state index in [4.69, 9.17) is 9.84 Å². The lowest BCUT2D eigenvalue weighted by Crippen LogP contribution is -1.99. The van der Waals surface area contributed by atoms with Crippen molar-refractivity contribution in [1.82, 2.24) is 0 Å². The summed E-state index contributed by atoms with van der Waals surface area (Å²) in [6, 6.07) is 4.22. The predicted molar refractivity (Wildman–Crippen MR) is 65.6 cm³/mol. The van der Waals surface area contributed by atoms with Gasteiger partial charge in [0, 0.05) is 12.1 Å². The molecule has 18 heavy (non-hydrogen) atoms. The Hall–Kier alpha value is -2.37. The van der Waals surface area contributed by atoms with Crippen molar-refractivity contribution >= 4 is 17.7 Å². The van der Waals surface area contributed by atoms with Crippen LogP contribution in [-0.4, -0.2) is 22.6 Å². The van der Waals surface area contributed by atoms with Crippen LogP contribution in [0.15, 0.2) is 24.3 Å². The molecular weight excluding hydrogens is 238 g/mol. The maximum Gasteiger partial charge on any atom is 0.328 e. The van der Waals surface area contributed by atoms with Gasteiger partial charge in [-0.1, -0.05) is 6.92 Å². The lowest BCUT2D eigenvalue weighted by atomic mass is 10.1. The highest BCUT2D eigenvalue weighted by Crippen LogP contribution is 2.28. The van der Waals surface area contributed by atoms with Crippen LogP contribution in [0.1, 0.15) is 18.9 Å². The van der Waals surface area contributed by atoms with E-state index in [9.17, 15) is 14.9 Å². The first-order valence-corrected chi connectivity index (χ1v) is 5.37. The van der Waals surface area contributed by atoms with Gasteiger partial charge >= 0.3 is 11.7 Å². The second-order valence-corrected chi connectivity index (χ2v) is 3.50. The summed E-state index contributed by atoms with van der Waals surface area (Å²) < 4.78 is 5.27. The van der Waals surface area contributed by atoms with Crippen LogP contribution in [0.3, 0.4) is 0 Å². The van der Waals surface area contributed by atoms with Crippen LogP contribution in [0.4, 0.5) is 5.69 Å². The fourth-order valence-electron chi connectivity index (χ4n) is 1.28. The lowest BCUT2D eigenvalue weighted by molar-refractivity contribution is -0.385. The van der Waals surface area contributed by atoms with Crippen molar-refractivity contribution in [2.45, 2.75) is 13.3 Å². The van der Waals surface area contributed by atoms with E-state index in [2.05, 4.69) is 0 Å². The molecular formula is C12H13NO5. The molecule has 6 heteroatoms. The second kappa shape index (κ2) is 6.39. The van der Waals surface area contributed by atoms with Crippen molar-refractivity contribution in [2.24, 2.45) is 0 Å². The fraction of sp³-hybridized carbons (Fsp3) is 0.250. The number of nitrogens with zero attached hydrogens (tertiary/aromatic N) is 1. The van der Waals surface area contributed by atoms with Crippen LogP contribution in [0, 0.1) is 10.1 Å². The van der Waals surface area contributed by atoms with Gasteiger partial charge in [0.15, 0.2) is 5.75 Å². The number of nitro groups is 1. The van der Waals surface area contributed by atoms with E-state index in [0.717, 1.165) is 12.5 Å². The molecule has 0 saturated carbocycles. The SMILES string of the molecule is CCCOc1cc(C=CC(=O)O)ccc1[N+](=O)[O-]. The summed E-state index contributed by atoms with van der Waals surface area (Å²) in [5, 5.41) is 19.3. The van der Waals surface area contributed by atoms with E-state index in [1.807, 2.05) is 6.92 Å². The van der Waals surface area contributed by atoms with Gasteiger partial charge in [-0.3, -0.25) is 10.1 Å². The van der Waals surface area contributed by atoms with E-state index >= 15 is 0 Å². The van der Waals surface area contributed by atoms with Crippen LogP contribution in [-0.2, 0) is 4.79 Å². The Morgan fingerprint density at radius 2 is 2.28 bits per heavy atom. The van der Waals surface area contributed by atoms with Crippen molar-refractivity contribution in [3.8, 4) is 5.75 Å². The molecule has 1 aromatic rings. The molecule has 0 radical (unpaired) electrons. The van der Waals surface area contributed by atoms with Crippen LogP contribution < -0.4 is 4.74 Å². The molecule has 1 aromatic carbocycles. The fourth-order valence-corrected chi connectivity index (χ4v) is 1.28. The van der Waals surface area contributed by atoms with E-state index in [0.29, 0.717) is 12.2 Å². The molecule has 0 aliphatic rings. The van der Waals surface area contributed by atoms with Crippen LogP contribution in [0.2, 0.25) is 0 Å². The number of carboxylic acid groups (broad SMARTS) is 1. The largest absolute Gasteiger partial charge is 0.487 e. The molecule has 0 saturated heterocycles. The van der Waals surface area contributed by atoms with E-state index in [1.165, 1.54) is 24.3 Å². The zero-order valence-electron chi connectivity index (χ0n) is 9.83. The summed E-state index contributed by atoms with van der Waals surface area (Å²) >= 11 is 0. The third-order valence-electron chi connectivity index (χ3n) is 2.06. The Balaban J connectivity index is 3.04. The standard InChI is InChI=1S/C12H13NO5/c1-2-7-18-11-8-9(4-6-12(14)15)3-5-10(11)13(16)17/h3-6,8H,2,7H2,1H3,(H,14,15). The Bertz CT molecular complexity index is 481. The molecule has 96 valence electrons. The highest BCUT2D eigenvalue weighted by atomic mass is 16.6. The van der Waals surface area contributed by atoms with Crippen molar-refractivity contribution < 1.29 is 19.6 Å². The Morgan fingerprint density at radius 3 is 2.83 bits per heavy atom. The van der Waals surface area contributed by atoms with Gasteiger partial charge < -0.3 is 9.84 Å². The Kier molecular flexibility index (Phi) is 4.86. The van der Waals surface area contributed by atoms with Crippen molar-refractivity contribution in [3.63, 3.8) is 0 Å². The number of hydrogen-bond acceptors (Lipinski definition) is 4. The first kappa shape index (κ1) is 13.7. The van der Waals surface area contributed by atoms with Gasteiger partial charge in [-0.05, 0) is 30.2 Å². The molecule has 0 aliphatic carbocycles. The van der Waals surface area contributed by atoms with Gasteiger partial charge in [-0.25, -0.2) is 4.79 Å². The molecule has 0 unspecified atom stereocenters. The molecule has 0 heterocycles. The number of hydrogen-bond donors (Lipinski definition) is 1. The predicted octanol–water partition coefficient (Wildman–Crippen LogP) is 2.48. The highest BCUT2D eigenvalue weighted by Gasteiger charge is 2.14. The average molecular weight is 251 g/mol. The topological polar surface area (TPSA) is 89.7 Å². The van der Waals surface area contributed by atoms with E-state index in [-0.39, 0.29) is 11.4 Å². The van der Waals surface area contributed by atoms with Crippen LogP contribution in [0.25, 0.3) is 6.08 Å². The van der Waals surface area contributed by atoms with Crippen LogP contribution in [0.5, 0.6) is 5.75 Å². The Morgan fingerprint density at radius 1 is 1.56 bits per heavy atom. The van der Waals surface area contributed by atoms with Gasteiger partial charge in [0.05, 0.1) is 11.5 Å². The number of nitro benzene ring substituents is 1. The highest BCUT2D eigenvalue weighted by molar-refractivity contribution is 5.85. The third kappa shape index (κ3) is 3.89. The maximum atomic E-state index is 10.8. The molecule has 0 aromatic heterocycles. The maximum absolute atomic E-state index is 10.8. The summed E-state index contributed by atoms with van der Waals surface area (Å²) in [5.74, 6) is -0.932. The quantitative estimate of drug-likeness (QED) is 0.476. The molecule has 1 rings (SSSR count). The zero-order valence-corrected chi connectivity index (χ0v) is 9.83. The monoisotopic (exact) mass is 251 g/mol. The van der Waals surface area contributed by atoms with Crippen molar-refractivity contribution in [2.75, 3.05) is 6.61 Å². The first-order chi connectivity index (χ1) is 8.54. The third-order valence-corrected chi connectivity index (χ3v) is 2.06. The first-order valence-electron chi connectivity index (χ1n) is 5.37. The summed E-state index contributed by atoms with van der Waals surface area (Å²) in [6.07, 6.45) is 3.04. The molecule has 0 bridgehead atoms. The number of rotatable bonds is 6. The second-order valence-electron chi connectivity index (χ2n) is 3.50. The number of benzene rings is 1. The molecule has 1 N–H and O–H groups in total. The molecule has 0 amide bonds. The lowest BCUT2D eigenvalue weighted by Gasteiger charge is -2.06. The van der Waals surface area contributed by atoms with E-state index < -0.39 is 10.9 Å². The molecule has 0 aliphatic heterocycles. The normalized spacial score (nSPS) is 10.5. The zero-order chi connectivity index (χ0) is 13.5. The Labute approximate surface area is 104 Å². The summed E-state index contributed by atoms with van der Waals surface area (Å²) in [5.41, 5.74) is 0.407. The molecule has 0 atom stereocenters. The minimum absolute atomic E-state index is 0.129. The van der Waals surface area contributed by atoms with Gasteiger partial charge in [0.2, 0.25) is 0 Å². The van der Waals surface area contributed by atoms with Crippen LogP contribution >= 0.6 is 0 Å². The average Bonchev–Trinajstić information content (AvgIpc) is 2.33. The summed E-state index contributed by atoms with van der Waals surface area (Å²) in [4.78, 5) is 20.6. The summed E-state index contributed by atoms with van der Waals surface area (Å²) in [7, 11) is 0. The molecule has 0 spiro atoms. The minimum atomic E-state index is -1.08. The van der Waals surface area contributed by atoms with Crippen molar-refractivity contribution in [1.29, 1.82) is 0 Å². The summed E-state index contributed by atoms with van der Waals surface area (Å²) in [6.45, 7) is 2.26. The number of ether oxygens (including phenoxy) is 1. The molecule has 0 fully saturated rings. The number of aliphatic carboxylic acids is 1. The van der Waals surface area contributed by atoms with Gasteiger partial charge in [0.1, 0.15) is 0 Å². The number of carbonyl (C=O) groups is 1. The minimum Gasteiger partial charge on any atom is -0.487 e. The van der Waals surface area contributed by atoms with Gasteiger partial charge in [0.25, 0.3) is 0 Å².